The summed E-state index contributed by atoms with van der Waals surface area (Å²) >= 11 is 0. The molecule has 2 rings (SSSR count). The molecule has 0 bridgehead atoms. The molecule has 0 heterocycles. The van der Waals surface area contributed by atoms with E-state index in [0.717, 1.165) is 38.5 Å². The molecular formula is C16H20N2O2. The first kappa shape index (κ1) is 14.4. The van der Waals surface area contributed by atoms with Crippen LogP contribution in [0.2, 0.25) is 0 Å². The average Bonchev–Trinajstić information content (AvgIpc) is 2.73. The highest BCUT2D eigenvalue weighted by atomic mass is 16.5. The number of hydrogen-bond acceptors (Lipinski definition) is 3. The first-order valence-corrected chi connectivity index (χ1v) is 7.07. The molecule has 106 valence electrons. The van der Waals surface area contributed by atoms with Crippen LogP contribution in [0.1, 0.15) is 48.9 Å². The Morgan fingerprint density at radius 2 is 1.90 bits per heavy atom. The summed E-state index contributed by atoms with van der Waals surface area (Å²) in [6.45, 7) is 0. The van der Waals surface area contributed by atoms with Gasteiger partial charge in [0.05, 0.1) is 18.7 Å². The van der Waals surface area contributed by atoms with Crippen molar-refractivity contribution in [1.82, 2.24) is 5.32 Å². The topological polar surface area (TPSA) is 62.1 Å². The Morgan fingerprint density at radius 3 is 2.50 bits per heavy atom. The minimum atomic E-state index is -0.728. The minimum absolute atomic E-state index is 0.231. The molecule has 4 heteroatoms. The van der Waals surface area contributed by atoms with Crippen molar-refractivity contribution in [2.45, 2.75) is 44.1 Å². The van der Waals surface area contributed by atoms with Crippen LogP contribution in [-0.4, -0.2) is 18.6 Å². The van der Waals surface area contributed by atoms with Gasteiger partial charge in [0.25, 0.3) is 5.91 Å². The second kappa shape index (κ2) is 6.42. The molecule has 0 atom stereocenters. The summed E-state index contributed by atoms with van der Waals surface area (Å²) in [5.41, 5.74) is -0.247. The summed E-state index contributed by atoms with van der Waals surface area (Å²) in [4.78, 5) is 12.4. The summed E-state index contributed by atoms with van der Waals surface area (Å²) in [7, 11) is 1.54. The predicted molar refractivity (Wildman–Crippen MR) is 76.5 cm³/mol. The zero-order valence-corrected chi connectivity index (χ0v) is 11.8. The van der Waals surface area contributed by atoms with Crippen molar-refractivity contribution in [2.24, 2.45) is 0 Å². The van der Waals surface area contributed by atoms with Gasteiger partial charge in [0, 0.05) is 0 Å². The summed E-state index contributed by atoms with van der Waals surface area (Å²) in [5, 5.41) is 12.4. The number of para-hydroxylation sites is 1. The number of nitrogens with zero attached hydrogens (tertiary/aromatic N) is 1. The fourth-order valence-electron chi connectivity index (χ4n) is 2.71. The van der Waals surface area contributed by atoms with E-state index in [0.29, 0.717) is 11.3 Å². The van der Waals surface area contributed by atoms with E-state index in [1.165, 1.54) is 7.11 Å². The summed E-state index contributed by atoms with van der Waals surface area (Å²) in [6.07, 6.45) is 5.69. The Bertz CT molecular complexity index is 511. The molecule has 0 radical (unpaired) electrons. The van der Waals surface area contributed by atoms with Crippen molar-refractivity contribution < 1.29 is 9.53 Å². The normalized spacial score (nSPS) is 17.6. The molecule has 0 saturated heterocycles. The first-order chi connectivity index (χ1) is 9.71. The summed E-state index contributed by atoms with van der Waals surface area (Å²) in [5.74, 6) is 0.303. The number of benzene rings is 1. The Morgan fingerprint density at radius 1 is 1.25 bits per heavy atom. The molecule has 1 fully saturated rings. The smallest absolute Gasteiger partial charge is 0.256 e. The van der Waals surface area contributed by atoms with Gasteiger partial charge in [0.1, 0.15) is 11.3 Å². The third-order valence-electron chi connectivity index (χ3n) is 3.88. The van der Waals surface area contributed by atoms with Gasteiger partial charge < -0.3 is 10.1 Å². The molecule has 1 saturated carbocycles. The molecule has 0 aromatic heterocycles. The van der Waals surface area contributed by atoms with E-state index in [9.17, 15) is 10.1 Å². The van der Waals surface area contributed by atoms with Gasteiger partial charge in [0.2, 0.25) is 0 Å². The van der Waals surface area contributed by atoms with Crippen molar-refractivity contribution in [3.05, 3.63) is 29.8 Å². The van der Waals surface area contributed by atoms with Gasteiger partial charge in [-0.1, -0.05) is 37.8 Å². The van der Waals surface area contributed by atoms with Crippen molar-refractivity contribution in [3.63, 3.8) is 0 Å². The molecule has 0 spiro atoms. The summed E-state index contributed by atoms with van der Waals surface area (Å²) < 4.78 is 5.20. The zero-order chi connectivity index (χ0) is 14.4. The van der Waals surface area contributed by atoms with E-state index in [2.05, 4.69) is 11.4 Å². The molecule has 4 nitrogen and oxygen atoms in total. The Balaban J connectivity index is 2.19. The number of carbonyl (C=O) groups is 1. The van der Waals surface area contributed by atoms with Crippen molar-refractivity contribution in [1.29, 1.82) is 5.26 Å². The van der Waals surface area contributed by atoms with Gasteiger partial charge in [-0.25, -0.2) is 0 Å². The number of rotatable bonds is 3. The second-order valence-electron chi connectivity index (χ2n) is 5.26. The molecule has 1 aliphatic carbocycles. The van der Waals surface area contributed by atoms with Crippen LogP contribution in [0.4, 0.5) is 0 Å². The zero-order valence-electron chi connectivity index (χ0n) is 11.8. The molecule has 1 N–H and O–H groups in total. The quantitative estimate of drug-likeness (QED) is 0.860. The van der Waals surface area contributed by atoms with Gasteiger partial charge in [-0.15, -0.1) is 0 Å². The van der Waals surface area contributed by atoms with Gasteiger partial charge in [0.15, 0.2) is 0 Å². The highest BCUT2D eigenvalue weighted by Gasteiger charge is 2.33. The Hall–Kier alpha value is -2.02. The lowest BCUT2D eigenvalue weighted by atomic mass is 9.91. The molecule has 1 aromatic rings. The molecule has 20 heavy (non-hydrogen) atoms. The Kier molecular flexibility index (Phi) is 4.62. The van der Waals surface area contributed by atoms with E-state index in [-0.39, 0.29) is 5.91 Å². The fraction of sp³-hybridized carbons (Fsp3) is 0.500. The molecule has 1 aromatic carbocycles. The minimum Gasteiger partial charge on any atom is -0.496 e. The summed E-state index contributed by atoms with van der Waals surface area (Å²) in [6, 6.07) is 9.41. The van der Waals surface area contributed by atoms with Crippen molar-refractivity contribution in [2.75, 3.05) is 7.11 Å². The van der Waals surface area contributed by atoms with E-state index in [1.54, 1.807) is 18.2 Å². The SMILES string of the molecule is COc1ccccc1C(=O)NC1(C#N)CCCCCC1. The molecular weight excluding hydrogens is 252 g/mol. The maximum absolute atomic E-state index is 12.4. The van der Waals surface area contributed by atoms with Gasteiger partial charge in [-0.3, -0.25) is 4.79 Å². The standard InChI is InChI=1S/C16H20N2O2/c1-20-14-9-5-4-8-13(14)15(19)18-16(12-17)10-6-2-3-7-11-16/h4-5,8-9H,2-3,6-7,10-11H2,1H3,(H,18,19). The number of hydrogen-bond donors (Lipinski definition) is 1. The number of ether oxygens (including phenoxy) is 1. The number of methoxy groups -OCH3 is 1. The van der Waals surface area contributed by atoms with Gasteiger partial charge in [-0.2, -0.15) is 5.26 Å². The van der Waals surface area contributed by atoms with Crippen molar-refractivity contribution >= 4 is 5.91 Å². The molecule has 1 aliphatic rings. The Labute approximate surface area is 119 Å². The maximum atomic E-state index is 12.4. The third-order valence-corrected chi connectivity index (χ3v) is 3.88. The second-order valence-corrected chi connectivity index (χ2v) is 5.26. The van der Waals surface area contributed by atoms with E-state index < -0.39 is 5.54 Å². The molecule has 0 aliphatic heterocycles. The van der Waals surface area contributed by atoms with Gasteiger partial charge >= 0.3 is 0 Å². The van der Waals surface area contributed by atoms with E-state index in [1.807, 2.05) is 6.07 Å². The van der Waals surface area contributed by atoms with Gasteiger partial charge in [-0.05, 0) is 25.0 Å². The third kappa shape index (κ3) is 3.11. The predicted octanol–water partition coefficient (Wildman–Crippen LogP) is 3.04. The number of nitriles is 1. The van der Waals surface area contributed by atoms with Crippen molar-refractivity contribution in [3.8, 4) is 11.8 Å². The lowest BCUT2D eigenvalue weighted by Gasteiger charge is -2.26. The van der Waals surface area contributed by atoms with Crippen LogP contribution in [0.5, 0.6) is 5.75 Å². The fourth-order valence-corrected chi connectivity index (χ4v) is 2.71. The highest BCUT2D eigenvalue weighted by molar-refractivity contribution is 5.97. The number of carbonyl (C=O) groups excluding carboxylic acids is 1. The lowest BCUT2D eigenvalue weighted by molar-refractivity contribution is 0.0910. The molecule has 1 amide bonds. The monoisotopic (exact) mass is 272 g/mol. The average molecular weight is 272 g/mol. The largest absolute Gasteiger partial charge is 0.496 e. The van der Waals surface area contributed by atoms with E-state index >= 15 is 0 Å². The first-order valence-electron chi connectivity index (χ1n) is 7.07. The van der Waals surface area contributed by atoms with Crippen LogP contribution in [0.3, 0.4) is 0 Å². The molecule has 0 unspecified atom stereocenters. The number of amides is 1. The lowest BCUT2D eigenvalue weighted by Crippen LogP contribution is -2.47. The van der Waals surface area contributed by atoms with Crippen LogP contribution in [0, 0.1) is 11.3 Å². The van der Waals surface area contributed by atoms with Crippen LogP contribution in [0.25, 0.3) is 0 Å². The number of nitrogens with one attached hydrogen (secondary N) is 1. The van der Waals surface area contributed by atoms with Crippen LogP contribution in [0.15, 0.2) is 24.3 Å². The maximum Gasteiger partial charge on any atom is 0.256 e. The van der Waals surface area contributed by atoms with Crippen LogP contribution in [-0.2, 0) is 0 Å². The van der Waals surface area contributed by atoms with Crippen LogP contribution < -0.4 is 10.1 Å². The highest BCUT2D eigenvalue weighted by Crippen LogP contribution is 2.27. The van der Waals surface area contributed by atoms with Crippen LogP contribution >= 0.6 is 0 Å². The van der Waals surface area contributed by atoms with E-state index in [4.69, 9.17) is 4.74 Å².